The van der Waals surface area contributed by atoms with Crippen molar-refractivity contribution in [1.29, 1.82) is 0 Å². The van der Waals surface area contributed by atoms with Crippen LogP contribution in [0.25, 0.3) is 11.0 Å². The number of fused-ring (bicyclic) bond motifs is 1. The molecule has 0 unspecified atom stereocenters. The number of anilines is 3. The summed E-state index contributed by atoms with van der Waals surface area (Å²) in [6.07, 6.45) is -3.37. The van der Waals surface area contributed by atoms with Crippen LogP contribution in [-0.4, -0.2) is 29.1 Å². The molecule has 3 aromatic carbocycles. The van der Waals surface area contributed by atoms with E-state index in [0.29, 0.717) is 42.1 Å². The molecule has 0 spiro atoms. The summed E-state index contributed by atoms with van der Waals surface area (Å²) < 4.78 is 72.2. The summed E-state index contributed by atoms with van der Waals surface area (Å²) >= 11 is 0. The Balaban J connectivity index is 1.43. The van der Waals surface area contributed by atoms with Crippen LogP contribution in [0.1, 0.15) is 5.56 Å². The number of hydrogen-bond acceptors (Lipinski definition) is 6. The van der Waals surface area contributed by atoms with Gasteiger partial charge in [-0.15, -0.1) is 0 Å². The number of alkyl halides is 3. The molecule has 0 aliphatic heterocycles. The largest absolute Gasteiger partial charge is 0.454 e. The van der Waals surface area contributed by atoms with Gasteiger partial charge in [0.1, 0.15) is 17.4 Å². The molecular formula is C24H19F5N6O2. The van der Waals surface area contributed by atoms with Gasteiger partial charge < -0.3 is 26.4 Å². The molecule has 5 N–H and O–H groups in total. The van der Waals surface area contributed by atoms with Crippen molar-refractivity contribution in [3.8, 4) is 11.5 Å². The number of carbonyl (C=O) groups is 1. The van der Waals surface area contributed by atoms with Crippen LogP contribution in [0.15, 0.2) is 60.8 Å². The zero-order valence-electron chi connectivity index (χ0n) is 18.9. The van der Waals surface area contributed by atoms with E-state index in [2.05, 4.69) is 25.9 Å². The number of urea groups is 1. The molecule has 1 aromatic heterocycles. The van der Waals surface area contributed by atoms with Crippen LogP contribution in [-0.2, 0) is 6.18 Å². The number of rotatable bonds is 7. The third-order valence-corrected chi connectivity index (χ3v) is 4.91. The molecule has 0 saturated heterocycles. The second-order valence-electron chi connectivity index (χ2n) is 7.64. The lowest BCUT2D eigenvalue weighted by Gasteiger charge is -2.12. The van der Waals surface area contributed by atoms with E-state index in [1.54, 1.807) is 24.4 Å². The van der Waals surface area contributed by atoms with Crippen molar-refractivity contribution in [2.75, 3.05) is 29.0 Å². The topological polar surface area (TPSA) is 114 Å². The van der Waals surface area contributed by atoms with Gasteiger partial charge in [-0.05, 0) is 42.5 Å². The van der Waals surface area contributed by atoms with Crippen molar-refractivity contribution in [2.45, 2.75) is 6.18 Å². The number of carbonyl (C=O) groups excluding carboxylic acids is 1. The van der Waals surface area contributed by atoms with E-state index in [-0.39, 0.29) is 22.9 Å². The van der Waals surface area contributed by atoms with Gasteiger partial charge in [0.2, 0.25) is 0 Å². The van der Waals surface area contributed by atoms with Crippen LogP contribution in [0.4, 0.5) is 43.9 Å². The Morgan fingerprint density at radius 2 is 1.65 bits per heavy atom. The van der Waals surface area contributed by atoms with Crippen molar-refractivity contribution in [3.63, 3.8) is 0 Å². The molecule has 192 valence electrons. The van der Waals surface area contributed by atoms with Crippen LogP contribution in [0.2, 0.25) is 0 Å². The van der Waals surface area contributed by atoms with E-state index < -0.39 is 29.4 Å². The van der Waals surface area contributed by atoms with Gasteiger partial charge in [0, 0.05) is 36.6 Å². The minimum Gasteiger partial charge on any atom is -0.454 e. The first kappa shape index (κ1) is 25.6. The Morgan fingerprint density at radius 1 is 0.919 bits per heavy atom. The standard InChI is InChI=1S/C24H19F5N6O2/c25-17-4-1-13(9-16(17)24(27,28)29)33-23(36)34-14-2-6-21(18(26)10-14)37-15-3-5-19-20(11-15)35-22(12-32-19)31-8-7-30/h1-6,9-12H,7-8,30H2,(H,31,35)(H2,33,34,36). The van der Waals surface area contributed by atoms with E-state index in [0.717, 1.165) is 12.1 Å². The monoisotopic (exact) mass is 518 g/mol. The first-order valence-electron chi connectivity index (χ1n) is 10.8. The van der Waals surface area contributed by atoms with Crippen molar-refractivity contribution < 1.29 is 31.5 Å². The van der Waals surface area contributed by atoms with Crippen LogP contribution in [0.5, 0.6) is 11.5 Å². The van der Waals surface area contributed by atoms with Crippen LogP contribution in [0.3, 0.4) is 0 Å². The molecular weight excluding hydrogens is 499 g/mol. The number of benzene rings is 3. The van der Waals surface area contributed by atoms with Crippen LogP contribution in [0, 0.1) is 11.6 Å². The Morgan fingerprint density at radius 3 is 2.35 bits per heavy atom. The highest BCUT2D eigenvalue weighted by Crippen LogP contribution is 2.33. The van der Waals surface area contributed by atoms with E-state index in [1.165, 1.54) is 12.1 Å². The molecule has 37 heavy (non-hydrogen) atoms. The van der Waals surface area contributed by atoms with Gasteiger partial charge in [0.05, 0.1) is 22.8 Å². The molecule has 4 rings (SSSR count). The fourth-order valence-electron chi connectivity index (χ4n) is 3.24. The smallest absolute Gasteiger partial charge is 0.419 e. The van der Waals surface area contributed by atoms with Crippen molar-refractivity contribution >= 4 is 34.3 Å². The van der Waals surface area contributed by atoms with E-state index in [4.69, 9.17) is 10.5 Å². The van der Waals surface area contributed by atoms with E-state index >= 15 is 0 Å². The lowest BCUT2D eigenvalue weighted by atomic mass is 10.2. The molecule has 2 amide bonds. The van der Waals surface area contributed by atoms with Gasteiger partial charge >= 0.3 is 12.2 Å². The number of halogens is 5. The first-order chi connectivity index (χ1) is 17.6. The number of nitrogens with one attached hydrogen (secondary N) is 3. The zero-order chi connectivity index (χ0) is 26.6. The highest BCUT2D eigenvalue weighted by Gasteiger charge is 2.34. The highest BCUT2D eigenvalue weighted by molar-refractivity contribution is 5.99. The average molecular weight is 518 g/mol. The fourth-order valence-corrected chi connectivity index (χ4v) is 3.24. The van der Waals surface area contributed by atoms with Crippen LogP contribution >= 0.6 is 0 Å². The number of nitrogens with zero attached hydrogens (tertiary/aromatic N) is 2. The van der Waals surface area contributed by atoms with E-state index in [9.17, 15) is 26.7 Å². The first-order valence-corrected chi connectivity index (χ1v) is 10.8. The van der Waals surface area contributed by atoms with E-state index in [1.807, 2.05) is 0 Å². The predicted molar refractivity (Wildman–Crippen MR) is 128 cm³/mol. The second-order valence-corrected chi connectivity index (χ2v) is 7.64. The molecule has 0 fully saturated rings. The molecule has 4 aromatic rings. The maximum absolute atomic E-state index is 14.6. The molecule has 0 saturated carbocycles. The van der Waals surface area contributed by atoms with Gasteiger partial charge in [0.15, 0.2) is 11.6 Å². The van der Waals surface area contributed by atoms with Gasteiger partial charge in [-0.1, -0.05) is 0 Å². The molecule has 0 bridgehead atoms. The Kier molecular flexibility index (Phi) is 7.34. The summed E-state index contributed by atoms with van der Waals surface area (Å²) in [7, 11) is 0. The molecule has 1 heterocycles. The molecule has 0 atom stereocenters. The van der Waals surface area contributed by atoms with Gasteiger partial charge in [-0.3, -0.25) is 4.98 Å². The molecule has 0 aliphatic carbocycles. The van der Waals surface area contributed by atoms with Crippen molar-refractivity contribution in [1.82, 2.24) is 9.97 Å². The number of amides is 2. The summed E-state index contributed by atoms with van der Waals surface area (Å²) in [6, 6.07) is 9.43. The molecule has 8 nitrogen and oxygen atoms in total. The third-order valence-electron chi connectivity index (χ3n) is 4.91. The van der Waals surface area contributed by atoms with Crippen LogP contribution < -0.4 is 26.4 Å². The quantitative estimate of drug-likeness (QED) is 0.232. The highest BCUT2D eigenvalue weighted by atomic mass is 19.4. The number of ether oxygens (including phenoxy) is 1. The molecule has 0 radical (unpaired) electrons. The summed E-state index contributed by atoms with van der Waals surface area (Å²) in [5, 5.41) is 7.44. The van der Waals surface area contributed by atoms with Crippen molar-refractivity contribution in [2.24, 2.45) is 5.73 Å². The minimum absolute atomic E-state index is 0.000467. The predicted octanol–water partition coefficient (Wildman–Crippen LogP) is 5.73. The number of aromatic nitrogens is 2. The number of hydrogen-bond donors (Lipinski definition) is 4. The average Bonchev–Trinajstić information content (AvgIpc) is 2.84. The fraction of sp³-hybridized carbons (Fsp3) is 0.125. The SMILES string of the molecule is NCCNc1cnc2ccc(Oc3ccc(NC(=O)Nc4ccc(F)c(C(F)(F)F)c4)cc3F)cc2n1. The normalized spacial score (nSPS) is 11.3. The van der Waals surface area contributed by atoms with Gasteiger partial charge in [-0.2, -0.15) is 13.2 Å². The van der Waals surface area contributed by atoms with Crippen molar-refractivity contribution in [3.05, 3.63) is 78.0 Å². The Bertz CT molecular complexity index is 1450. The Hall–Kier alpha value is -4.52. The maximum atomic E-state index is 14.6. The summed E-state index contributed by atoms with van der Waals surface area (Å²) in [5.41, 5.74) is 4.74. The minimum atomic E-state index is -4.93. The Labute approximate surface area is 206 Å². The number of nitrogens with two attached hydrogens (primary N) is 1. The zero-order valence-corrected chi connectivity index (χ0v) is 18.9. The molecule has 0 aliphatic rings. The lowest BCUT2D eigenvalue weighted by Crippen LogP contribution is -2.20. The summed E-state index contributed by atoms with van der Waals surface area (Å²) in [6.45, 7) is 0.929. The van der Waals surface area contributed by atoms with Gasteiger partial charge in [-0.25, -0.2) is 18.6 Å². The lowest BCUT2D eigenvalue weighted by molar-refractivity contribution is -0.139. The third kappa shape index (κ3) is 6.38. The maximum Gasteiger partial charge on any atom is 0.419 e. The molecule has 13 heteroatoms. The van der Waals surface area contributed by atoms with Gasteiger partial charge in [0.25, 0.3) is 0 Å². The summed E-state index contributed by atoms with van der Waals surface area (Å²) in [4.78, 5) is 20.8. The second kappa shape index (κ2) is 10.6. The summed E-state index contributed by atoms with van der Waals surface area (Å²) in [5.74, 6) is -1.64.